The topological polar surface area (TPSA) is 65.4 Å². The number of ether oxygens (including phenoxy) is 1. The van der Waals surface area contributed by atoms with Crippen molar-refractivity contribution in [1.29, 1.82) is 5.26 Å². The lowest BCUT2D eigenvalue weighted by Gasteiger charge is -2.38. The smallest absolute Gasteiger partial charge is 0.235 e. The number of nitrogens with one attached hydrogen (secondary N) is 1. The van der Waals surface area contributed by atoms with Crippen molar-refractivity contribution in [3.8, 4) is 11.8 Å². The quantitative estimate of drug-likeness (QED) is 0.775. The van der Waals surface area contributed by atoms with Gasteiger partial charge in [-0.3, -0.25) is 9.69 Å². The summed E-state index contributed by atoms with van der Waals surface area (Å²) in [5.74, 6) is 0.849. The molecule has 1 N–H and O–H groups in total. The summed E-state index contributed by atoms with van der Waals surface area (Å²) in [5, 5.41) is 12.8. The van der Waals surface area contributed by atoms with Gasteiger partial charge in [-0.05, 0) is 55.8 Å². The number of piperidine rings is 1. The number of benzene rings is 2. The summed E-state index contributed by atoms with van der Waals surface area (Å²) in [6.45, 7) is 5.03. The zero-order valence-electron chi connectivity index (χ0n) is 16.4. The van der Waals surface area contributed by atoms with Gasteiger partial charge in [0.05, 0.1) is 16.7 Å². The molecule has 0 bridgehead atoms. The summed E-state index contributed by atoms with van der Waals surface area (Å²) in [6.07, 6.45) is 1.41. The Morgan fingerprint density at radius 2 is 2.00 bits per heavy atom. The zero-order valence-corrected chi connectivity index (χ0v) is 17.1. The first-order valence-electron chi connectivity index (χ1n) is 9.86. The number of hydrogen-bond acceptors (Lipinski definition) is 4. The molecule has 2 aromatic carbocycles. The van der Waals surface area contributed by atoms with Crippen LogP contribution in [0.25, 0.3) is 0 Å². The summed E-state index contributed by atoms with van der Waals surface area (Å²) >= 11 is 6.21. The molecule has 0 saturated carbocycles. The van der Waals surface area contributed by atoms with E-state index in [1.54, 1.807) is 6.07 Å². The molecule has 1 fully saturated rings. The largest absolute Gasteiger partial charge is 0.492 e. The molecule has 2 aliphatic heterocycles. The minimum atomic E-state index is -0.588. The number of amides is 1. The fourth-order valence-electron chi connectivity index (χ4n) is 4.27. The Morgan fingerprint density at radius 1 is 1.28 bits per heavy atom. The molecule has 0 atom stereocenters. The van der Waals surface area contributed by atoms with E-state index in [9.17, 15) is 10.1 Å². The summed E-state index contributed by atoms with van der Waals surface area (Å²) < 4.78 is 5.86. The number of carbonyl (C=O) groups is 1. The second-order valence-electron chi connectivity index (χ2n) is 7.57. The highest BCUT2D eigenvalue weighted by Gasteiger charge is 2.49. The zero-order chi connectivity index (χ0) is 20.4. The summed E-state index contributed by atoms with van der Waals surface area (Å²) in [7, 11) is 2.05. The Hall–Kier alpha value is -2.49. The number of nitriles is 1. The van der Waals surface area contributed by atoms with Gasteiger partial charge in [-0.15, -0.1) is 0 Å². The molecule has 147 valence electrons. The van der Waals surface area contributed by atoms with Gasteiger partial charge in [-0.2, -0.15) is 5.26 Å². The average molecular weight is 407 g/mol. The predicted octanol–water partition coefficient (Wildman–Crippen LogP) is 2.95. The third kappa shape index (κ3) is 3.73. The van der Waals surface area contributed by atoms with Crippen LogP contribution in [0.4, 0.5) is 5.69 Å². The molecule has 2 aliphatic rings. The molecule has 1 saturated heterocycles. The van der Waals surface area contributed by atoms with Crippen molar-refractivity contribution in [1.82, 2.24) is 4.90 Å². The Morgan fingerprint density at radius 3 is 2.66 bits per heavy atom. The first-order valence-corrected chi connectivity index (χ1v) is 10.2. The van der Waals surface area contributed by atoms with Crippen LogP contribution in [0.3, 0.4) is 0 Å². The molecule has 0 aromatic heterocycles. The number of halogens is 1. The number of rotatable bonds is 5. The van der Waals surface area contributed by atoms with Crippen LogP contribution in [0.5, 0.6) is 5.75 Å². The standard InChI is InChI=1S/C22H22BClN3O2/c1-23-16-2-4-18(5-3-16)29-11-10-27-8-6-22(7-9-27)19-13-17(24)12-15(14-25)20(19)26-21(22)28/h2-5,12-13H,6-11H2,1H3,(H,26,28). The molecule has 5 nitrogen and oxygen atoms in total. The van der Waals surface area contributed by atoms with Crippen LogP contribution in [-0.2, 0) is 10.2 Å². The lowest BCUT2D eigenvalue weighted by atomic mass is 9.73. The molecule has 1 spiro atoms. The lowest BCUT2D eigenvalue weighted by molar-refractivity contribution is -0.122. The van der Waals surface area contributed by atoms with Crippen molar-refractivity contribution < 1.29 is 9.53 Å². The maximum absolute atomic E-state index is 12.8. The highest BCUT2D eigenvalue weighted by molar-refractivity contribution is 6.51. The van der Waals surface area contributed by atoms with E-state index in [0.29, 0.717) is 35.7 Å². The highest BCUT2D eigenvalue weighted by Crippen LogP contribution is 2.47. The highest BCUT2D eigenvalue weighted by atomic mass is 35.5. The number of carbonyl (C=O) groups excluding carboxylic acids is 1. The second-order valence-corrected chi connectivity index (χ2v) is 8.01. The molecule has 2 heterocycles. The van der Waals surface area contributed by atoms with Crippen molar-refractivity contribution in [3.63, 3.8) is 0 Å². The maximum atomic E-state index is 12.8. The van der Waals surface area contributed by atoms with Crippen LogP contribution in [0.15, 0.2) is 36.4 Å². The normalized spacial score (nSPS) is 17.5. The van der Waals surface area contributed by atoms with E-state index >= 15 is 0 Å². The van der Waals surface area contributed by atoms with Crippen LogP contribution in [0.1, 0.15) is 24.0 Å². The van der Waals surface area contributed by atoms with Gasteiger partial charge in [0.25, 0.3) is 0 Å². The van der Waals surface area contributed by atoms with E-state index in [-0.39, 0.29) is 5.91 Å². The minimum absolute atomic E-state index is 0.0185. The van der Waals surface area contributed by atoms with E-state index in [1.807, 2.05) is 37.2 Å². The fourth-order valence-corrected chi connectivity index (χ4v) is 4.48. The SMILES string of the molecule is C[B]c1ccc(OCCN2CCC3(CC2)C(=O)Nc2c(C#N)cc(Cl)cc23)cc1. The molecule has 1 amide bonds. The van der Waals surface area contributed by atoms with Gasteiger partial charge in [-0.1, -0.05) is 36.0 Å². The Bertz CT molecular complexity index is 963. The van der Waals surface area contributed by atoms with E-state index in [4.69, 9.17) is 16.3 Å². The monoisotopic (exact) mass is 406 g/mol. The number of nitrogens with zero attached hydrogens (tertiary/aromatic N) is 2. The van der Waals surface area contributed by atoms with Crippen LogP contribution in [-0.4, -0.2) is 44.3 Å². The maximum Gasteiger partial charge on any atom is 0.235 e. The molecule has 7 heteroatoms. The summed E-state index contributed by atoms with van der Waals surface area (Å²) in [6, 6.07) is 13.6. The number of hydrogen-bond donors (Lipinski definition) is 1. The van der Waals surface area contributed by atoms with Crippen molar-refractivity contribution in [2.24, 2.45) is 0 Å². The molecular weight excluding hydrogens is 385 g/mol. The molecule has 0 unspecified atom stereocenters. The number of likely N-dealkylation sites (tertiary alicyclic amines) is 1. The van der Waals surface area contributed by atoms with Gasteiger partial charge in [0.15, 0.2) is 0 Å². The van der Waals surface area contributed by atoms with Crippen molar-refractivity contribution in [2.75, 3.05) is 31.6 Å². The molecule has 0 aliphatic carbocycles. The van der Waals surface area contributed by atoms with E-state index < -0.39 is 5.41 Å². The van der Waals surface area contributed by atoms with Crippen LogP contribution in [0.2, 0.25) is 11.8 Å². The van der Waals surface area contributed by atoms with Crippen LogP contribution < -0.4 is 15.5 Å². The molecule has 29 heavy (non-hydrogen) atoms. The van der Waals surface area contributed by atoms with Gasteiger partial charge in [0.2, 0.25) is 5.91 Å². The molecular formula is C22H22BClN3O2. The van der Waals surface area contributed by atoms with Crippen molar-refractivity contribution in [3.05, 3.63) is 52.5 Å². The van der Waals surface area contributed by atoms with E-state index in [1.165, 1.54) is 5.46 Å². The molecule has 1 radical (unpaired) electrons. The van der Waals surface area contributed by atoms with Gasteiger partial charge < -0.3 is 10.1 Å². The lowest BCUT2D eigenvalue weighted by Crippen LogP contribution is -2.47. The second kappa shape index (κ2) is 8.10. The van der Waals surface area contributed by atoms with Crippen LogP contribution in [0, 0.1) is 11.3 Å². The third-order valence-corrected chi connectivity index (χ3v) is 6.23. The van der Waals surface area contributed by atoms with Crippen molar-refractivity contribution in [2.45, 2.75) is 25.1 Å². The Balaban J connectivity index is 1.38. The molecule has 2 aromatic rings. The molecule has 4 rings (SSSR count). The first kappa shape index (κ1) is 19.8. The Labute approximate surface area is 176 Å². The fraction of sp³-hybridized carbons (Fsp3) is 0.364. The van der Waals surface area contributed by atoms with Gasteiger partial charge in [0.1, 0.15) is 25.7 Å². The van der Waals surface area contributed by atoms with Gasteiger partial charge in [-0.25, -0.2) is 0 Å². The van der Waals surface area contributed by atoms with Crippen molar-refractivity contribution >= 4 is 35.9 Å². The van der Waals surface area contributed by atoms with Gasteiger partial charge >= 0.3 is 0 Å². The summed E-state index contributed by atoms with van der Waals surface area (Å²) in [5.41, 5.74) is 2.52. The third-order valence-electron chi connectivity index (χ3n) is 6.01. The average Bonchev–Trinajstić information content (AvgIpc) is 3.01. The summed E-state index contributed by atoms with van der Waals surface area (Å²) in [4.78, 5) is 15.2. The van der Waals surface area contributed by atoms with Crippen LogP contribution >= 0.6 is 11.6 Å². The minimum Gasteiger partial charge on any atom is -0.492 e. The van der Waals surface area contributed by atoms with Gasteiger partial charge in [0, 0.05) is 11.6 Å². The van der Waals surface area contributed by atoms with E-state index in [0.717, 1.165) is 30.9 Å². The Kier molecular flexibility index (Phi) is 5.53. The first-order chi connectivity index (χ1) is 14.1. The number of fused-ring (bicyclic) bond motifs is 2. The number of anilines is 1. The van der Waals surface area contributed by atoms with E-state index in [2.05, 4.69) is 23.6 Å². The predicted molar refractivity (Wildman–Crippen MR) is 115 cm³/mol.